The van der Waals surface area contributed by atoms with Gasteiger partial charge in [-0.2, -0.15) is 0 Å². The molecule has 0 bridgehead atoms. The standard InChI is InChI=1S/C16H20IN5/c17-11-6-8-13(9-7-11)22-16-14(18)15(19-10-20-16)21-12-4-2-1-3-5-12/h6-10,12H,1-5,18H2,(H2,19,20,21,22). The molecule has 3 rings (SSSR count). The van der Waals surface area contributed by atoms with Crippen LogP contribution in [0.4, 0.5) is 23.0 Å². The predicted octanol–water partition coefficient (Wildman–Crippen LogP) is 4.15. The topological polar surface area (TPSA) is 75.9 Å². The molecule has 0 spiro atoms. The number of hydrogen-bond acceptors (Lipinski definition) is 5. The van der Waals surface area contributed by atoms with Gasteiger partial charge in [0.15, 0.2) is 11.6 Å². The van der Waals surface area contributed by atoms with Gasteiger partial charge in [-0.3, -0.25) is 0 Å². The molecule has 5 nitrogen and oxygen atoms in total. The first kappa shape index (κ1) is 15.3. The van der Waals surface area contributed by atoms with Crippen LogP contribution in [0.25, 0.3) is 0 Å². The second-order valence-electron chi connectivity index (χ2n) is 5.60. The molecular weight excluding hydrogens is 389 g/mol. The Morgan fingerprint density at radius 1 is 1.00 bits per heavy atom. The second kappa shape index (κ2) is 7.13. The third kappa shape index (κ3) is 3.79. The fraction of sp³-hybridized carbons (Fsp3) is 0.375. The highest BCUT2D eigenvalue weighted by Gasteiger charge is 2.16. The number of aromatic nitrogens is 2. The maximum absolute atomic E-state index is 6.23. The monoisotopic (exact) mass is 409 g/mol. The van der Waals surface area contributed by atoms with Crippen molar-refractivity contribution in [3.63, 3.8) is 0 Å². The number of nitrogens with zero attached hydrogens (tertiary/aromatic N) is 2. The highest BCUT2D eigenvalue weighted by Crippen LogP contribution is 2.28. The molecule has 2 aromatic rings. The summed E-state index contributed by atoms with van der Waals surface area (Å²) in [5.74, 6) is 1.38. The minimum absolute atomic E-state index is 0.470. The SMILES string of the molecule is Nc1c(Nc2ccc(I)cc2)ncnc1NC1CCCCC1. The number of nitrogens with one attached hydrogen (secondary N) is 2. The molecule has 1 aromatic carbocycles. The summed E-state index contributed by atoms with van der Waals surface area (Å²) in [6.07, 6.45) is 7.80. The maximum Gasteiger partial charge on any atom is 0.159 e. The van der Waals surface area contributed by atoms with Gasteiger partial charge in [0.1, 0.15) is 12.0 Å². The lowest BCUT2D eigenvalue weighted by Gasteiger charge is -2.24. The van der Waals surface area contributed by atoms with Crippen LogP contribution in [-0.2, 0) is 0 Å². The molecule has 22 heavy (non-hydrogen) atoms. The maximum atomic E-state index is 6.23. The fourth-order valence-electron chi connectivity index (χ4n) is 2.72. The van der Waals surface area contributed by atoms with Gasteiger partial charge in [-0.25, -0.2) is 9.97 Å². The van der Waals surface area contributed by atoms with Crippen molar-refractivity contribution in [3.05, 3.63) is 34.2 Å². The second-order valence-corrected chi connectivity index (χ2v) is 6.84. The van der Waals surface area contributed by atoms with E-state index < -0.39 is 0 Å². The predicted molar refractivity (Wildman–Crippen MR) is 99.4 cm³/mol. The number of hydrogen-bond donors (Lipinski definition) is 3. The van der Waals surface area contributed by atoms with Crippen LogP contribution >= 0.6 is 22.6 Å². The Hall–Kier alpha value is -1.57. The van der Waals surface area contributed by atoms with Gasteiger partial charge >= 0.3 is 0 Å². The van der Waals surface area contributed by atoms with Crippen molar-refractivity contribution >= 4 is 45.6 Å². The lowest BCUT2D eigenvalue weighted by Crippen LogP contribution is -2.23. The van der Waals surface area contributed by atoms with Gasteiger partial charge < -0.3 is 16.4 Å². The van der Waals surface area contributed by atoms with Crippen molar-refractivity contribution < 1.29 is 0 Å². The van der Waals surface area contributed by atoms with Crippen LogP contribution in [0.15, 0.2) is 30.6 Å². The summed E-state index contributed by atoms with van der Waals surface area (Å²) in [6.45, 7) is 0. The Balaban J connectivity index is 1.74. The summed E-state index contributed by atoms with van der Waals surface area (Å²) < 4.78 is 1.19. The van der Waals surface area contributed by atoms with Crippen molar-refractivity contribution in [1.29, 1.82) is 0 Å². The summed E-state index contributed by atoms with van der Waals surface area (Å²) in [4.78, 5) is 8.56. The summed E-state index contributed by atoms with van der Waals surface area (Å²) in [6, 6.07) is 8.58. The van der Waals surface area contributed by atoms with Gasteiger partial charge in [0.05, 0.1) is 0 Å². The number of rotatable bonds is 4. The third-order valence-electron chi connectivity index (χ3n) is 3.94. The molecule has 0 radical (unpaired) electrons. The lowest BCUT2D eigenvalue weighted by atomic mass is 9.95. The lowest BCUT2D eigenvalue weighted by molar-refractivity contribution is 0.462. The van der Waals surface area contributed by atoms with Crippen molar-refractivity contribution in [2.24, 2.45) is 0 Å². The fourth-order valence-corrected chi connectivity index (χ4v) is 3.08. The molecule has 1 fully saturated rings. The molecule has 1 saturated carbocycles. The van der Waals surface area contributed by atoms with E-state index in [0.29, 0.717) is 17.5 Å². The average Bonchev–Trinajstić information content (AvgIpc) is 2.54. The average molecular weight is 409 g/mol. The molecule has 1 heterocycles. The summed E-state index contributed by atoms with van der Waals surface area (Å²) in [5, 5.41) is 6.72. The molecule has 6 heteroatoms. The quantitative estimate of drug-likeness (QED) is 0.662. The Kier molecular flexibility index (Phi) is 4.97. The molecule has 4 N–H and O–H groups in total. The molecular formula is C16H20IN5. The highest BCUT2D eigenvalue weighted by molar-refractivity contribution is 14.1. The van der Waals surface area contributed by atoms with Gasteiger partial charge in [0, 0.05) is 15.3 Å². The Bertz CT molecular complexity index is 623. The summed E-state index contributed by atoms with van der Waals surface area (Å²) >= 11 is 2.28. The minimum atomic E-state index is 0.470. The van der Waals surface area contributed by atoms with Gasteiger partial charge in [-0.15, -0.1) is 0 Å². The number of nitrogen functional groups attached to an aromatic ring is 1. The zero-order valence-electron chi connectivity index (χ0n) is 12.3. The van der Waals surface area contributed by atoms with Gasteiger partial charge in [-0.05, 0) is 59.7 Å². The van der Waals surface area contributed by atoms with E-state index >= 15 is 0 Å². The van der Waals surface area contributed by atoms with E-state index in [1.807, 2.05) is 24.3 Å². The third-order valence-corrected chi connectivity index (χ3v) is 4.66. The van der Waals surface area contributed by atoms with E-state index in [2.05, 4.69) is 43.2 Å². The van der Waals surface area contributed by atoms with Crippen molar-refractivity contribution in [2.45, 2.75) is 38.1 Å². The van der Waals surface area contributed by atoms with E-state index in [4.69, 9.17) is 5.73 Å². The minimum Gasteiger partial charge on any atom is -0.393 e. The van der Waals surface area contributed by atoms with Crippen LogP contribution in [-0.4, -0.2) is 16.0 Å². The summed E-state index contributed by atoms with van der Waals surface area (Å²) in [5.41, 5.74) is 7.77. The Morgan fingerprint density at radius 2 is 1.68 bits per heavy atom. The smallest absolute Gasteiger partial charge is 0.159 e. The zero-order valence-corrected chi connectivity index (χ0v) is 14.5. The number of halogens is 1. The largest absolute Gasteiger partial charge is 0.393 e. The Morgan fingerprint density at radius 3 is 2.41 bits per heavy atom. The normalized spacial score (nSPS) is 15.5. The number of nitrogens with two attached hydrogens (primary N) is 1. The summed E-state index contributed by atoms with van der Waals surface area (Å²) in [7, 11) is 0. The van der Waals surface area contributed by atoms with E-state index in [1.54, 1.807) is 6.33 Å². The zero-order chi connectivity index (χ0) is 15.4. The van der Waals surface area contributed by atoms with E-state index in [1.165, 1.54) is 35.7 Å². The van der Waals surface area contributed by atoms with Gasteiger partial charge in [0.2, 0.25) is 0 Å². The molecule has 1 aliphatic rings. The molecule has 116 valence electrons. The number of benzene rings is 1. The van der Waals surface area contributed by atoms with E-state index in [-0.39, 0.29) is 0 Å². The van der Waals surface area contributed by atoms with Crippen LogP contribution < -0.4 is 16.4 Å². The van der Waals surface area contributed by atoms with Crippen molar-refractivity contribution in [1.82, 2.24) is 9.97 Å². The van der Waals surface area contributed by atoms with Gasteiger partial charge in [0.25, 0.3) is 0 Å². The van der Waals surface area contributed by atoms with Gasteiger partial charge in [-0.1, -0.05) is 19.3 Å². The molecule has 0 atom stereocenters. The van der Waals surface area contributed by atoms with Crippen LogP contribution in [0.3, 0.4) is 0 Å². The van der Waals surface area contributed by atoms with E-state index in [9.17, 15) is 0 Å². The van der Waals surface area contributed by atoms with Crippen molar-refractivity contribution in [2.75, 3.05) is 16.4 Å². The van der Waals surface area contributed by atoms with Crippen LogP contribution in [0.5, 0.6) is 0 Å². The first-order chi connectivity index (χ1) is 10.7. The number of anilines is 4. The van der Waals surface area contributed by atoms with Crippen LogP contribution in [0, 0.1) is 3.57 Å². The molecule has 1 aliphatic carbocycles. The van der Waals surface area contributed by atoms with Crippen LogP contribution in [0.2, 0.25) is 0 Å². The molecule has 0 saturated heterocycles. The highest BCUT2D eigenvalue weighted by atomic mass is 127. The van der Waals surface area contributed by atoms with Crippen molar-refractivity contribution in [3.8, 4) is 0 Å². The first-order valence-electron chi connectivity index (χ1n) is 7.62. The van der Waals surface area contributed by atoms with Crippen LogP contribution in [0.1, 0.15) is 32.1 Å². The molecule has 0 unspecified atom stereocenters. The molecule has 0 aliphatic heterocycles. The van der Waals surface area contributed by atoms with E-state index in [0.717, 1.165) is 11.5 Å². The Labute approximate surface area is 144 Å². The first-order valence-corrected chi connectivity index (χ1v) is 8.70. The molecule has 1 aromatic heterocycles. The molecule has 0 amide bonds.